The van der Waals surface area contributed by atoms with Crippen molar-refractivity contribution in [1.29, 1.82) is 0 Å². The fourth-order valence-corrected chi connectivity index (χ4v) is 4.48. The molecular formula is C15H21N3O2S. The van der Waals surface area contributed by atoms with Crippen LogP contribution in [0.15, 0.2) is 34.2 Å². The maximum Gasteiger partial charge on any atom is 0.263 e. The van der Waals surface area contributed by atoms with E-state index in [-0.39, 0.29) is 5.41 Å². The second kappa shape index (κ2) is 5.42. The van der Waals surface area contributed by atoms with Gasteiger partial charge in [-0.25, -0.2) is 8.42 Å². The number of nitrogens with two attached hydrogens (primary N) is 1. The number of hydrogen-bond donors (Lipinski definition) is 2. The minimum absolute atomic E-state index is 0.0359. The molecule has 1 saturated carbocycles. The number of hydrogen-bond acceptors (Lipinski definition) is 4. The van der Waals surface area contributed by atoms with Gasteiger partial charge in [0.25, 0.3) is 10.0 Å². The molecule has 0 spiro atoms. The van der Waals surface area contributed by atoms with E-state index in [1.807, 2.05) is 6.07 Å². The van der Waals surface area contributed by atoms with E-state index in [4.69, 9.17) is 5.73 Å². The van der Waals surface area contributed by atoms with Crippen molar-refractivity contribution in [2.24, 2.45) is 16.1 Å². The summed E-state index contributed by atoms with van der Waals surface area (Å²) in [6, 6.07) is 6.96. The Morgan fingerprint density at radius 1 is 1.19 bits per heavy atom. The van der Waals surface area contributed by atoms with Crippen LogP contribution >= 0.6 is 0 Å². The minimum atomic E-state index is -3.45. The zero-order valence-electron chi connectivity index (χ0n) is 12.0. The molecule has 0 aromatic heterocycles. The fraction of sp³-hybridized carbons (Fsp3) is 0.533. The minimum Gasteiger partial charge on any atom is -0.330 e. The van der Waals surface area contributed by atoms with Crippen LogP contribution in [-0.4, -0.2) is 27.3 Å². The van der Waals surface area contributed by atoms with Crippen LogP contribution in [0, 0.1) is 5.41 Å². The summed E-state index contributed by atoms with van der Waals surface area (Å²) in [7, 11) is -3.45. The van der Waals surface area contributed by atoms with E-state index < -0.39 is 10.0 Å². The summed E-state index contributed by atoms with van der Waals surface area (Å²) < 4.78 is 26.7. The Bertz CT molecular complexity index is 661. The molecule has 6 heteroatoms. The summed E-state index contributed by atoms with van der Waals surface area (Å²) in [5.41, 5.74) is 6.67. The third kappa shape index (κ3) is 2.70. The van der Waals surface area contributed by atoms with Gasteiger partial charge in [-0.1, -0.05) is 31.4 Å². The molecular weight excluding hydrogens is 286 g/mol. The lowest BCUT2D eigenvalue weighted by Crippen LogP contribution is -2.36. The number of rotatable bonds is 3. The van der Waals surface area contributed by atoms with Crippen LogP contribution in [0.3, 0.4) is 0 Å². The van der Waals surface area contributed by atoms with Crippen molar-refractivity contribution in [2.45, 2.75) is 37.0 Å². The van der Waals surface area contributed by atoms with Crippen molar-refractivity contribution in [1.82, 2.24) is 4.72 Å². The van der Waals surface area contributed by atoms with Gasteiger partial charge < -0.3 is 5.73 Å². The van der Waals surface area contributed by atoms with Crippen molar-refractivity contribution in [3.05, 3.63) is 29.8 Å². The van der Waals surface area contributed by atoms with E-state index in [9.17, 15) is 8.42 Å². The third-order valence-electron chi connectivity index (χ3n) is 4.58. The Labute approximate surface area is 125 Å². The van der Waals surface area contributed by atoms with Crippen molar-refractivity contribution >= 4 is 15.9 Å². The van der Waals surface area contributed by atoms with E-state index in [0.29, 0.717) is 29.4 Å². The molecule has 1 aromatic carbocycles. The van der Waals surface area contributed by atoms with Crippen LogP contribution < -0.4 is 10.5 Å². The van der Waals surface area contributed by atoms with Gasteiger partial charge in [0, 0.05) is 17.5 Å². The lowest BCUT2D eigenvalue weighted by molar-refractivity contribution is 0.209. The second-order valence-corrected chi connectivity index (χ2v) is 7.68. The van der Waals surface area contributed by atoms with Gasteiger partial charge in [-0.15, -0.1) is 0 Å². The third-order valence-corrected chi connectivity index (χ3v) is 5.98. The summed E-state index contributed by atoms with van der Waals surface area (Å²) in [6.07, 6.45) is 5.78. The van der Waals surface area contributed by atoms with E-state index in [1.54, 1.807) is 18.2 Å². The predicted molar refractivity (Wildman–Crippen MR) is 82.7 cm³/mol. The summed E-state index contributed by atoms with van der Waals surface area (Å²) >= 11 is 0. The van der Waals surface area contributed by atoms with E-state index in [0.717, 1.165) is 12.8 Å². The van der Waals surface area contributed by atoms with Gasteiger partial charge >= 0.3 is 0 Å². The van der Waals surface area contributed by atoms with Gasteiger partial charge in [-0.3, -0.25) is 9.71 Å². The molecule has 5 nitrogen and oxygen atoms in total. The van der Waals surface area contributed by atoms with Gasteiger partial charge in [-0.2, -0.15) is 0 Å². The molecule has 3 N–H and O–H groups in total. The normalized spacial score (nSPS) is 24.5. The van der Waals surface area contributed by atoms with Gasteiger partial charge in [0.15, 0.2) is 0 Å². The van der Waals surface area contributed by atoms with Crippen LogP contribution in [0.25, 0.3) is 0 Å². The monoisotopic (exact) mass is 307 g/mol. The molecule has 1 heterocycles. The molecule has 0 radical (unpaired) electrons. The van der Waals surface area contributed by atoms with Gasteiger partial charge in [0.1, 0.15) is 5.84 Å². The van der Waals surface area contributed by atoms with E-state index in [1.165, 1.54) is 19.3 Å². The van der Waals surface area contributed by atoms with Crippen LogP contribution in [0.1, 0.15) is 37.7 Å². The summed E-state index contributed by atoms with van der Waals surface area (Å²) in [5.74, 6) is 0.462. The van der Waals surface area contributed by atoms with Crippen molar-refractivity contribution < 1.29 is 8.42 Å². The highest BCUT2D eigenvalue weighted by Gasteiger charge is 2.33. The van der Waals surface area contributed by atoms with Crippen molar-refractivity contribution in [2.75, 3.05) is 13.1 Å². The number of benzene rings is 1. The zero-order chi connectivity index (χ0) is 14.9. The summed E-state index contributed by atoms with van der Waals surface area (Å²) in [6.45, 7) is 1.20. The first-order valence-corrected chi connectivity index (χ1v) is 8.91. The molecule has 0 bridgehead atoms. The van der Waals surface area contributed by atoms with Crippen LogP contribution in [0.4, 0.5) is 0 Å². The van der Waals surface area contributed by atoms with Crippen LogP contribution in [-0.2, 0) is 10.0 Å². The predicted octanol–water partition coefficient (Wildman–Crippen LogP) is 1.63. The quantitative estimate of drug-likeness (QED) is 0.890. The van der Waals surface area contributed by atoms with Gasteiger partial charge in [0.05, 0.1) is 4.90 Å². The topological polar surface area (TPSA) is 84.5 Å². The maximum absolute atomic E-state index is 12.0. The first-order chi connectivity index (χ1) is 10.1. The van der Waals surface area contributed by atoms with Crippen LogP contribution in [0.5, 0.6) is 0 Å². The molecule has 1 aliphatic carbocycles. The summed E-state index contributed by atoms with van der Waals surface area (Å²) in [5, 5.41) is 0. The molecule has 2 aliphatic rings. The Balaban J connectivity index is 1.88. The van der Waals surface area contributed by atoms with Crippen molar-refractivity contribution in [3.63, 3.8) is 0 Å². The highest BCUT2D eigenvalue weighted by molar-refractivity contribution is 7.90. The summed E-state index contributed by atoms with van der Waals surface area (Å²) in [4.78, 5) is 4.89. The molecule has 114 valence electrons. The molecule has 21 heavy (non-hydrogen) atoms. The lowest BCUT2D eigenvalue weighted by Gasteiger charge is -2.34. The van der Waals surface area contributed by atoms with Gasteiger partial charge in [0.2, 0.25) is 0 Å². The fourth-order valence-electron chi connectivity index (χ4n) is 3.23. The number of aliphatic imine (C=N–C) groups is 1. The molecule has 3 rings (SSSR count). The molecule has 0 saturated heterocycles. The smallest absolute Gasteiger partial charge is 0.263 e. The number of nitrogens with zero attached hydrogens (tertiary/aromatic N) is 1. The number of nitrogens with one attached hydrogen (secondary N) is 1. The van der Waals surface area contributed by atoms with Gasteiger partial charge in [-0.05, 0) is 31.5 Å². The largest absolute Gasteiger partial charge is 0.330 e. The molecule has 1 aliphatic heterocycles. The zero-order valence-corrected chi connectivity index (χ0v) is 12.8. The molecule has 0 atom stereocenters. The Hall–Kier alpha value is -1.40. The van der Waals surface area contributed by atoms with Crippen molar-refractivity contribution in [3.8, 4) is 0 Å². The number of sulfonamides is 1. The number of fused-ring (bicyclic) bond motifs is 1. The number of amidine groups is 1. The first-order valence-electron chi connectivity index (χ1n) is 7.43. The highest BCUT2D eigenvalue weighted by Crippen LogP contribution is 2.36. The van der Waals surface area contributed by atoms with E-state index in [2.05, 4.69) is 9.71 Å². The lowest BCUT2D eigenvalue weighted by atomic mass is 9.74. The maximum atomic E-state index is 12.0. The Kier molecular flexibility index (Phi) is 3.75. The Morgan fingerprint density at radius 3 is 2.62 bits per heavy atom. The Morgan fingerprint density at radius 2 is 1.90 bits per heavy atom. The highest BCUT2D eigenvalue weighted by atomic mass is 32.2. The average Bonchev–Trinajstić information content (AvgIpc) is 2.78. The van der Waals surface area contributed by atoms with E-state index >= 15 is 0 Å². The average molecular weight is 307 g/mol. The molecule has 1 fully saturated rings. The molecule has 0 unspecified atom stereocenters. The SMILES string of the molecule is NCC1(CN=C2NS(=O)(=O)c3ccccc32)CCCCC1. The first kappa shape index (κ1) is 14.5. The second-order valence-electron chi connectivity index (χ2n) is 6.03. The molecule has 1 aromatic rings. The standard InChI is InChI=1S/C15H21N3O2S/c16-10-15(8-4-1-5-9-15)11-17-14-12-6-2-3-7-13(12)21(19,20)18-14/h2-3,6-7H,1,4-5,8-11,16H2,(H,17,18). The molecule has 0 amide bonds. The van der Waals surface area contributed by atoms with Crippen LogP contribution in [0.2, 0.25) is 0 Å².